The van der Waals surface area contributed by atoms with Gasteiger partial charge in [0.1, 0.15) is 24.5 Å². The molecule has 7 nitrogen and oxygen atoms in total. The fourth-order valence-corrected chi connectivity index (χ4v) is 5.42. The lowest BCUT2D eigenvalue weighted by Gasteiger charge is -2.21. The summed E-state index contributed by atoms with van der Waals surface area (Å²) in [5, 5.41) is 1.05. The smallest absolute Gasteiger partial charge is 0.329 e. The van der Waals surface area contributed by atoms with Crippen molar-refractivity contribution < 1.29 is 18.9 Å². The minimum atomic E-state index is -0.832. The van der Waals surface area contributed by atoms with E-state index in [1.54, 1.807) is 0 Å². The van der Waals surface area contributed by atoms with Gasteiger partial charge in [-0.15, -0.1) is 0 Å². The monoisotopic (exact) mass is 435 g/mol. The van der Waals surface area contributed by atoms with Crippen molar-refractivity contribution in [3.05, 3.63) is 53.7 Å². The third-order valence-corrected chi connectivity index (χ3v) is 7.49. The van der Waals surface area contributed by atoms with E-state index in [0.29, 0.717) is 19.4 Å². The van der Waals surface area contributed by atoms with Gasteiger partial charge >= 0.3 is 5.97 Å². The number of nitrogens with zero attached hydrogens (tertiary/aromatic N) is 3. The molecular weight excluding hydrogens is 404 g/mol. The lowest BCUT2D eigenvalue weighted by molar-refractivity contribution is -0.732. The number of imidazole rings is 1. The third kappa shape index (κ3) is 3.35. The number of nitrogens with two attached hydrogens (primary N) is 1. The zero-order valence-electron chi connectivity index (χ0n) is 18.8. The molecule has 0 radical (unpaired) electrons. The summed E-state index contributed by atoms with van der Waals surface area (Å²) in [4.78, 5) is 25.9. The molecule has 1 aromatic carbocycles. The van der Waals surface area contributed by atoms with Crippen LogP contribution in [0.2, 0.25) is 0 Å². The number of ether oxygens (including phenoxy) is 1. The molecule has 1 fully saturated rings. The summed E-state index contributed by atoms with van der Waals surface area (Å²) in [6, 6.07) is 8.14. The van der Waals surface area contributed by atoms with Gasteiger partial charge in [-0.3, -0.25) is 4.79 Å². The number of fused-ring (bicyclic) bond motifs is 3. The van der Waals surface area contributed by atoms with Crippen molar-refractivity contribution in [3.8, 4) is 0 Å². The fourth-order valence-electron chi connectivity index (χ4n) is 5.42. The maximum atomic E-state index is 13.4. The van der Waals surface area contributed by atoms with Crippen LogP contribution < -0.4 is 10.3 Å². The van der Waals surface area contributed by atoms with E-state index in [-0.39, 0.29) is 24.4 Å². The number of esters is 1. The van der Waals surface area contributed by atoms with Crippen molar-refractivity contribution in [3.63, 3.8) is 0 Å². The van der Waals surface area contributed by atoms with Crippen LogP contribution >= 0.6 is 0 Å². The summed E-state index contributed by atoms with van der Waals surface area (Å²) < 4.78 is 11.7. The van der Waals surface area contributed by atoms with E-state index < -0.39 is 5.54 Å². The van der Waals surface area contributed by atoms with Crippen LogP contribution in [-0.2, 0) is 36.3 Å². The molecule has 0 aliphatic heterocycles. The molecule has 32 heavy (non-hydrogen) atoms. The van der Waals surface area contributed by atoms with Gasteiger partial charge in [0, 0.05) is 36.1 Å². The minimum absolute atomic E-state index is 0.0683. The summed E-state index contributed by atoms with van der Waals surface area (Å²) in [6.07, 6.45) is 8.92. The van der Waals surface area contributed by atoms with Gasteiger partial charge in [0.2, 0.25) is 6.73 Å². The van der Waals surface area contributed by atoms with Gasteiger partial charge in [-0.25, -0.2) is 9.36 Å². The Hall–Kier alpha value is -2.93. The Labute approximate surface area is 187 Å². The maximum absolute atomic E-state index is 13.4. The first kappa shape index (κ1) is 20.9. The van der Waals surface area contributed by atoms with E-state index >= 15 is 0 Å². The van der Waals surface area contributed by atoms with Crippen LogP contribution in [0.1, 0.15) is 54.0 Å². The molecule has 0 bridgehead atoms. The first-order valence-electron chi connectivity index (χ1n) is 11.5. The second-order valence-corrected chi connectivity index (χ2v) is 9.39. The summed E-state index contributed by atoms with van der Waals surface area (Å²) in [5.74, 6) is 0.786. The molecular formula is C25H31N4O3+. The number of aromatic nitrogens is 3. The molecule has 2 N–H and O–H groups in total. The highest BCUT2D eigenvalue weighted by atomic mass is 16.5. The molecule has 168 valence electrons. The number of hydrogen-bond acceptors (Lipinski definition) is 4. The van der Waals surface area contributed by atoms with Crippen molar-refractivity contribution >= 4 is 22.7 Å². The van der Waals surface area contributed by atoms with Crippen LogP contribution in [0.15, 0.2) is 36.7 Å². The number of aryl methyl sites for hydroxylation is 1. The van der Waals surface area contributed by atoms with E-state index in [0.717, 1.165) is 53.7 Å². The molecule has 0 saturated heterocycles. The highest BCUT2D eigenvalue weighted by molar-refractivity contribution is 6.11. The zero-order chi connectivity index (χ0) is 22.5. The van der Waals surface area contributed by atoms with Crippen molar-refractivity contribution in [2.24, 2.45) is 18.7 Å². The molecule has 1 saturated carbocycles. The average molecular weight is 436 g/mol. The number of hydrogen-bond donors (Lipinski definition) is 1. The number of Topliss-reactive ketones (excluding diaryl/α,β-unsaturated/α-hetero) is 1. The first-order valence-corrected chi connectivity index (χ1v) is 11.5. The molecule has 2 aromatic heterocycles. The molecule has 1 atom stereocenters. The minimum Gasteiger partial charge on any atom is -0.423 e. The van der Waals surface area contributed by atoms with Gasteiger partial charge in [-0.2, -0.15) is 4.57 Å². The Balaban J connectivity index is 1.30. The van der Waals surface area contributed by atoms with Crippen LogP contribution in [0.3, 0.4) is 0 Å². The second-order valence-electron chi connectivity index (χ2n) is 9.39. The Morgan fingerprint density at radius 3 is 2.81 bits per heavy atom. The molecule has 3 aromatic rings. The maximum Gasteiger partial charge on any atom is 0.329 e. The number of para-hydroxylation sites is 1. The Morgan fingerprint density at radius 1 is 1.28 bits per heavy atom. The molecule has 7 heteroatoms. The van der Waals surface area contributed by atoms with Gasteiger partial charge < -0.3 is 15.0 Å². The van der Waals surface area contributed by atoms with E-state index in [1.807, 2.05) is 49.1 Å². The van der Waals surface area contributed by atoms with E-state index in [4.69, 9.17) is 10.5 Å². The molecule has 5 rings (SSSR count). The lowest BCUT2D eigenvalue weighted by atomic mass is 9.85. The zero-order valence-corrected chi connectivity index (χ0v) is 18.8. The standard InChI is InChI=1S/C25H31N4O3/c1-17-28(13-14-29(17)16-32-24(31)25(26)11-5-6-12-25)15-18-9-10-21-22(23(18)30)19-7-3-4-8-20(19)27(21)2/h3-4,7-8,13-14,18H,5-6,9-12,15-16,26H2,1-2H3/q+1. The van der Waals surface area contributed by atoms with Crippen molar-refractivity contribution in [2.45, 2.75) is 64.3 Å². The lowest BCUT2D eigenvalue weighted by Crippen LogP contribution is -2.49. The molecule has 0 amide bonds. The predicted molar refractivity (Wildman–Crippen MR) is 120 cm³/mol. The van der Waals surface area contributed by atoms with Gasteiger partial charge in [0.25, 0.3) is 5.82 Å². The van der Waals surface area contributed by atoms with E-state index in [1.165, 1.54) is 0 Å². The number of carbonyl (C=O) groups excluding carboxylic acids is 2. The van der Waals surface area contributed by atoms with E-state index in [9.17, 15) is 9.59 Å². The number of rotatable bonds is 5. The second kappa shape index (κ2) is 7.89. The Morgan fingerprint density at radius 2 is 2.03 bits per heavy atom. The summed E-state index contributed by atoms with van der Waals surface area (Å²) in [6.45, 7) is 2.75. The number of carbonyl (C=O) groups is 2. The average Bonchev–Trinajstić information content (AvgIpc) is 3.47. The van der Waals surface area contributed by atoms with Crippen LogP contribution in [0.4, 0.5) is 0 Å². The third-order valence-electron chi connectivity index (χ3n) is 7.49. The molecule has 1 unspecified atom stereocenters. The summed E-state index contributed by atoms with van der Waals surface area (Å²) in [7, 11) is 2.05. The van der Waals surface area contributed by atoms with E-state index in [2.05, 4.69) is 15.2 Å². The summed E-state index contributed by atoms with van der Waals surface area (Å²) >= 11 is 0. The highest BCUT2D eigenvalue weighted by Crippen LogP contribution is 2.34. The fraction of sp³-hybridized carbons (Fsp3) is 0.480. The van der Waals surface area contributed by atoms with Crippen LogP contribution in [-0.4, -0.2) is 26.4 Å². The van der Waals surface area contributed by atoms with Crippen LogP contribution in [0.25, 0.3) is 10.9 Å². The Bertz CT molecular complexity index is 1200. The van der Waals surface area contributed by atoms with Gasteiger partial charge in [0.15, 0.2) is 5.78 Å². The topological polar surface area (TPSA) is 83.1 Å². The normalized spacial score (nSPS) is 20.0. The van der Waals surface area contributed by atoms with Crippen LogP contribution in [0.5, 0.6) is 0 Å². The molecule has 0 spiro atoms. The first-order chi connectivity index (χ1) is 15.4. The van der Waals surface area contributed by atoms with Gasteiger partial charge in [-0.05, 0) is 31.7 Å². The van der Waals surface area contributed by atoms with Crippen molar-refractivity contribution in [1.29, 1.82) is 0 Å². The van der Waals surface area contributed by atoms with Crippen LogP contribution in [0, 0.1) is 12.8 Å². The predicted octanol–water partition coefficient (Wildman–Crippen LogP) is 2.79. The molecule has 2 aliphatic carbocycles. The number of ketones is 1. The Kier molecular flexibility index (Phi) is 5.16. The molecule has 2 heterocycles. The SMILES string of the molecule is Cc1n(CC2CCc3c(c4ccccc4n3C)C2=O)cc[n+]1COC(=O)C1(N)CCCC1. The molecule has 2 aliphatic rings. The summed E-state index contributed by atoms with van der Waals surface area (Å²) in [5.41, 5.74) is 8.51. The quantitative estimate of drug-likeness (QED) is 0.493. The van der Waals surface area contributed by atoms with Gasteiger partial charge in [0.05, 0.1) is 5.92 Å². The van der Waals surface area contributed by atoms with Gasteiger partial charge in [-0.1, -0.05) is 31.0 Å². The van der Waals surface area contributed by atoms with Crippen molar-refractivity contribution in [2.75, 3.05) is 0 Å². The largest absolute Gasteiger partial charge is 0.423 e. The number of benzene rings is 1. The highest BCUT2D eigenvalue weighted by Gasteiger charge is 2.39. The van der Waals surface area contributed by atoms with Crippen molar-refractivity contribution in [1.82, 2.24) is 9.13 Å².